The van der Waals surface area contributed by atoms with Crippen molar-refractivity contribution in [3.05, 3.63) is 83.9 Å². The van der Waals surface area contributed by atoms with E-state index in [-0.39, 0.29) is 0 Å². The lowest BCUT2D eigenvalue weighted by Gasteiger charge is -2.09. The van der Waals surface area contributed by atoms with Gasteiger partial charge in [0.15, 0.2) is 0 Å². The van der Waals surface area contributed by atoms with Gasteiger partial charge in [-0.3, -0.25) is 0 Å². The van der Waals surface area contributed by atoms with Crippen molar-refractivity contribution in [2.75, 3.05) is 26.4 Å². The van der Waals surface area contributed by atoms with Crippen LogP contribution in [-0.2, 0) is 22.3 Å². The molecule has 2 aromatic carbocycles. The van der Waals surface area contributed by atoms with Crippen LogP contribution in [0, 0.1) is 11.8 Å². The first-order valence-electron chi connectivity index (χ1n) is 14.1. The van der Waals surface area contributed by atoms with E-state index in [1.54, 1.807) is 0 Å². The van der Waals surface area contributed by atoms with E-state index >= 15 is 0 Å². The molecule has 4 aromatic rings. The number of rotatable bonds is 15. The quantitative estimate of drug-likeness (QED) is 0.138. The summed E-state index contributed by atoms with van der Waals surface area (Å²) in [6.45, 7) is 12.2. The minimum absolute atomic E-state index is 0.639. The molecule has 202 valence electrons. The smallest absolute Gasteiger partial charge is 0.0506 e. The Morgan fingerprint density at radius 3 is 1.26 bits per heavy atom. The number of hydrogen-bond donors (Lipinski definition) is 0. The van der Waals surface area contributed by atoms with Crippen molar-refractivity contribution in [2.45, 2.75) is 53.4 Å². The first-order valence-corrected chi connectivity index (χ1v) is 15.7. The Hall–Kier alpha value is -2.24. The molecule has 2 atom stereocenters. The zero-order valence-corrected chi connectivity index (χ0v) is 25.0. The van der Waals surface area contributed by atoms with Gasteiger partial charge in [0.2, 0.25) is 0 Å². The normalized spacial score (nSPS) is 13.1. The second kappa shape index (κ2) is 14.8. The van der Waals surface area contributed by atoms with Gasteiger partial charge in [-0.05, 0) is 71.2 Å². The van der Waals surface area contributed by atoms with Gasteiger partial charge in [-0.2, -0.15) is 0 Å². The molecule has 38 heavy (non-hydrogen) atoms. The highest BCUT2D eigenvalue weighted by atomic mass is 32.1. The van der Waals surface area contributed by atoms with Crippen molar-refractivity contribution in [1.82, 2.24) is 0 Å². The Bertz CT molecular complexity index is 1120. The third-order valence-electron chi connectivity index (χ3n) is 7.20. The van der Waals surface area contributed by atoms with Crippen LogP contribution in [0.15, 0.2) is 72.8 Å². The molecule has 4 heteroatoms. The van der Waals surface area contributed by atoms with Gasteiger partial charge in [0, 0.05) is 32.7 Å². The van der Waals surface area contributed by atoms with Crippen molar-refractivity contribution >= 4 is 22.7 Å². The van der Waals surface area contributed by atoms with Crippen LogP contribution < -0.4 is 0 Å². The SMILES string of the molecule is CC[C@H](C)COCCc1ccc(-c2ccc(-c3ccc(-c4ccc(CCOC[C@@H](C)CC)cc4)s3)s2)cc1. The predicted octanol–water partition coefficient (Wildman–Crippen LogP) is 10.0. The van der Waals surface area contributed by atoms with Crippen LogP contribution in [0.2, 0.25) is 0 Å². The van der Waals surface area contributed by atoms with Crippen LogP contribution in [0.3, 0.4) is 0 Å². The Labute approximate surface area is 237 Å². The molecule has 0 radical (unpaired) electrons. The number of ether oxygens (including phenoxy) is 2. The minimum Gasteiger partial charge on any atom is -0.381 e. The van der Waals surface area contributed by atoms with Gasteiger partial charge in [0.1, 0.15) is 0 Å². The number of hydrogen-bond acceptors (Lipinski definition) is 4. The molecule has 4 rings (SSSR count). The summed E-state index contributed by atoms with van der Waals surface area (Å²) in [6.07, 6.45) is 4.29. The summed E-state index contributed by atoms with van der Waals surface area (Å²) in [5.41, 5.74) is 5.24. The van der Waals surface area contributed by atoms with E-state index in [0.717, 1.165) is 39.3 Å². The van der Waals surface area contributed by atoms with Gasteiger partial charge in [-0.1, -0.05) is 89.1 Å². The first-order chi connectivity index (χ1) is 18.6. The summed E-state index contributed by atoms with van der Waals surface area (Å²) in [6, 6.07) is 27.0. The highest BCUT2D eigenvalue weighted by Gasteiger charge is 2.10. The molecule has 0 fully saturated rings. The molecule has 2 aromatic heterocycles. The van der Waals surface area contributed by atoms with Crippen LogP contribution in [0.1, 0.15) is 51.7 Å². The van der Waals surface area contributed by atoms with E-state index in [1.807, 2.05) is 22.7 Å². The first kappa shape index (κ1) is 28.8. The number of thiophene rings is 2. The van der Waals surface area contributed by atoms with E-state index in [2.05, 4.69) is 100 Å². The summed E-state index contributed by atoms with van der Waals surface area (Å²) in [4.78, 5) is 5.28. The molecular weight excluding hydrogens is 505 g/mol. The van der Waals surface area contributed by atoms with Crippen molar-refractivity contribution < 1.29 is 9.47 Å². The van der Waals surface area contributed by atoms with Gasteiger partial charge < -0.3 is 9.47 Å². The maximum absolute atomic E-state index is 5.83. The van der Waals surface area contributed by atoms with Crippen molar-refractivity contribution in [1.29, 1.82) is 0 Å². The summed E-state index contributed by atoms with van der Waals surface area (Å²) in [5, 5.41) is 0. The lowest BCUT2D eigenvalue weighted by molar-refractivity contribution is 0.106. The standard InChI is InChI=1S/C34H42O2S2/c1-5-25(3)23-35-21-19-27-7-11-29(12-8-27)31-15-17-33(37-31)34-18-16-32(38-34)30-13-9-28(10-14-30)20-22-36-24-26(4)6-2/h7-18,25-26H,5-6,19-24H2,1-4H3/t25-,26-/m0/s1. The molecule has 0 aliphatic heterocycles. The van der Waals surface area contributed by atoms with Crippen molar-refractivity contribution in [3.63, 3.8) is 0 Å². The predicted molar refractivity (Wildman–Crippen MR) is 166 cm³/mol. The monoisotopic (exact) mass is 546 g/mol. The van der Waals surface area contributed by atoms with E-state index < -0.39 is 0 Å². The lowest BCUT2D eigenvalue weighted by Crippen LogP contribution is -2.07. The topological polar surface area (TPSA) is 18.5 Å². The van der Waals surface area contributed by atoms with Gasteiger partial charge in [0.25, 0.3) is 0 Å². The maximum Gasteiger partial charge on any atom is 0.0506 e. The molecule has 0 aliphatic carbocycles. The van der Waals surface area contributed by atoms with Crippen LogP contribution in [0.5, 0.6) is 0 Å². The van der Waals surface area contributed by atoms with Crippen LogP contribution >= 0.6 is 22.7 Å². The largest absolute Gasteiger partial charge is 0.381 e. The summed E-state index contributed by atoms with van der Waals surface area (Å²) in [5.74, 6) is 1.28. The van der Waals surface area contributed by atoms with Gasteiger partial charge in [-0.25, -0.2) is 0 Å². The molecule has 2 heterocycles. The lowest BCUT2D eigenvalue weighted by atomic mass is 10.1. The zero-order chi connectivity index (χ0) is 26.7. The molecular formula is C34H42O2S2. The van der Waals surface area contributed by atoms with Crippen LogP contribution in [-0.4, -0.2) is 26.4 Å². The van der Waals surface area contributed by atoms with Gasteiger partial charge in [-0.15, -0.1) is 22.7 Å². The van der Waals surface area contributed by atoms with E-state index in [4.69, 9.17) is 9.47 Å². The molecule has 0 aliphatic rings. The molecule has 0 spiro atoms. The van der Waals surface area contributed by atoms with Crippen molar-refractivity contribution in [2.24, 2.45) is 11.8 Å². The minimum atomic E-state index is 0.639. The summed E-state index contributed by atoms with van der Waals surface area (Å²) >= 11 is 3.74. The van der Waals surface area contributed by atoms with E-state index in [1.165, 1.54) is 54.6 Å². The fourth-order valence-electron chi connectivity index (χ4n) is 4.11. The van der Waals surface area contributed by atoms with Crippen LogP contribution in [0.25, 0.3) is 30.6 Å². The zero-order valence-electron chi connectivity index (χ0n) is 23.4. The maximum atomic E-state index is 5.83. The fourth-order valence-corrected chi connectivity index (χ4v) is 6.22. The highest BCUT2D eigenvalue weighted by molar-refractivity contribution is 7.25. The molecule has 0 unspecified atom stereocenters. The van der Waals surface area contributed by atoms with Crippen molar-refractivity contribution in [3.8, 4) is 30.6 Å². The number of benzene rings is 2. The molecule has 2 nitrogen and oxygen atoms in total. The Kier molecular flexibility index (Phi) is 11.2. The average Bonchev–Trinajstić information content (AvgIpc) is 3.64. The third-order valence-corrected chi connectivity index (χ3v) is 9.66. The Morgan fingerprint density at radius 2 is 0.895 bits per heavy atom. The summed E-state index contributed by atoms with van der Waals surface area (Å²) < 4.78 is 11.7. The van der Waals surface area contributed by atoms with Gasteiger partial charge in [0.05, 0.1) is 13.2 Å². The fraction of sp³-hybridized carbons (Fsp3) is 0.412. The highest BCUT2D eigenvalue weighted by Crippen LogP contribution is 2.40. The Balaban J connectivity index is 1.30. The third kappa shape index (κ3) is 8.38. The molecule has 0 bridgehead atoms. The van der Waals surface area contributed by atoms with E-state index in [0.29, 0.717) is 11.8 Å². The average molecular weight is 547 g/mol. The molecule has 0 saturated carbocycles. The molecule has 0 amide bonds. The molecule has 0 N–H and O–H groups in total. The van der Waals surface area contributed by atoms with E-state index in [9.17, 15) is 0 Å². The van der Waals surface area contributed by atoms with Crippen LogP contribution in [0.4, 0.5) is 0 Å². The van der Waals surface area contributed by atoms with Gasteiger partial charge >= 0.3 is 0 Å². The molecule has 0 saturated heterocycles. The Morgan fingerprint density at radius 1 is 0.526 bits per heavy atom. The summed E-state index contributed by atoms with van der Waals surface area (Å²) in [7, 11) is 0. The second-order valence-electron chi connectivity index (χ2n) is 10.4. The second-order valence-corrected chi connectivity index (χ2v) is 12.6.